The first-order valence-corrected chi connectivity index (χ1v) is 3.93. The molecule has 0 saturated heterocycles. The highest BCUT2D eigenvalue weighted by molar-refractivity contribution is 6.33. The summed E-state index contributed by atoms with van der Waals surface area (Å²) in [6, 6.07) is 0. The van der Waals surface area contributed by atoms with Gasteiger partial charge in [0.15, 0.2) is 5.75 Å². The smallest absolute Gasteiger partial charge is 0.156 e. The Morgan fingerprint density at radius 3 is 2.38 bits per heavy atom. The molecule has 2 nitrogen and oxygen atoms in total. The summed E-state index contributed by atoms with van der Waals surface area (Å²) in [6.07, 6.45) is 1.59. The van der Waals surface area contributed by atoms with Crippen molar-refractivity contribution in [1.29, 1.82) is 0 Å². The van der Waals surface area contributed by atoms with Crippen molar-refractivity contribution in [2.45, 2.75) is 13.8 Å². The highest BCUT2D eigenvalue weighted by Crippen LogP contribution is 2.31. The molecule has 4 heteroatoms. The first kappa shape index (κ1) is 12.3. The van der Waals surface area contributed by atoms with E-state index in [-0.39, 0.29) is 18.2 Å². The van der Waals surface area contributed by atoms with Gasteiger partial charge in [-0.2, -0.15) is 0 Å². The van der Waals surface area contributed by atoms with Gasteiger partial charge in [-0.3, -0.25) is 4.98 Å². The van der Waals surface area contributed by atoms with Crippen molar-refractivity contribution >= 4 is 30.1 Å². The number of hydrogen-bond donors (Lipinski definition) is 1. The van der Waals surface area contributed by atoms with Crippen LogP contribution in [0.25, 0.3) is 6.08 Å². The van der Waals surface area contributed by atoms with Crippen LogP contribution in [0.5, 0.6) is 5.75 Å². The van der Waals surface area contributed by atoms with Crippen LogP contribution in [0.3, 0.4) is 0 Å². The Morgan fingerprint density at radius 2 is 1.92 bits per heavy atom. The van der Waals surface area contributed by atoms with Gasteiger partial charge in [-0.25, -0.2) is 0 Å². The zero-order valence-corrected chi connectivity index (χ0v) is 9.04. The lowest BCUT2D eigenvalue weighted by molar-refractivity contribution is 0.467. The first-order chi connectivity index (χ1) is 5.57. The highest BCUT2D eigenvalue weighted by atomic mass is 35.5. The van der Waals surface area contributed by atoms with E-state index in [1.165, 1.54) is 0 Å². The van der Waals surface area contributed by atoms with Crippen molar-refractivity contribution in [2.24, 2.45) is 0 Å². The number of pyridine rings is 1. The summed E-state index contributed by atoms with van der Waals surface area (Å²) in [4.78, 5) is 4.10. The van der Waals surface area contributed by atoms with E-state index in [0.717, 1.165) is 5.69 Å². The van der Waals surface area contributed by atoms with Gasteiger partial charge in [0.1, 0.15) is 0 Å². The molecular formula is C9H11Cl2NO. The standard InChI is InChI=1S/C9H10ClNO.ClH/c1-4-7-5(2)11-6(3)9(12)8(7)10;/h4,12H,1H2,2-3H3;1H. The van der Waals surface area contributed by atoms with Crippen LogP contribution in [0.4, 0.5) is 0 Å². The van der Waals surface area contributed by atoms with E-state index in [9.17, 15) is 5.11 Å². The number of aromatic nitrogens is 1. The van der Waals surface area contributed by atoms with Gasteiger partial charge >= 0.3 is 0 Å². The van der Waals surface area contributed by atoms with Crippen LogP contribution in [0.2, 0.25) is 5.02 Å². The fourth-order valence-electron chi connectivity index (χ4n) is 1.05. The van der Waals surface area contributed by atoms with Gasteiger partial charge in [0.25, 0.3) is 0 Å². The van der Waals surface area contributed by atoms with Crippen LogP contribution >= 0.6 is 24.0 Å². The SMILES string of the molecule is C=Cc1c(C)nc(C)c(O)c1Cl.Cl. The van der Waals surface area contributed by atoms with Gasteiger partial charge in [0.2, 0.25) is 0 Å². The van der Waals surface area contributed by atoms with E-state index < -0.39 is 0 Å². The largest absolute Gasteiger partial charge is 0.505 e. The predicted octanol–water partition coefficient (Wildman–Crippen LogP) is 3.12. The van der Waals surface area contributed by atoms with Crippen LogP contribution in [0.1, 0.15) is 17.0 Å². The van der Waals surface area contributed by atoms with E-state index in [1.807, 2.05) is 6.92 Å². The maximum atomic E-state index is 9.40. The summed E-state index contributed by atoms with van der Waals surface area (Å²) in [5.41, 5.74) is 2.02. The number of halogens is 2. The number of hydrogen-bond acceptors (Lipinski definition) is 2. The van der Waals surface area contributed by atoms with Crippen molar-refractivity contribution in [3.8, 4) is 5.75 Å². The summed E-state index contributed by atoms with van der Waals surface area (Å²) in [6.45, 7) is 7.13. The molecule has 1 N–H and O–H groups in total. The molecule has 0 saturated carbocycles. The predicted molar refractivity (Wildman–Crippen MR) is 57.7 cm³/mol. The molecule has 0 atom stereocenters. The number of nitrogens with zero attached hydrogens (tertiary/aromatic N) is 1. The zero-order valence-electron chi connectivity index (χ0n) is 7.47. The maximum absolute atomic E-state index is 9.40. The highest BCUT2D eigenvalue weighted by Gasteiger charge is 2.10. The fourth-order valence-corrected chi connectivity index (χ4v) is 1.40. The van der Waals surface area contributed by atoms with Gasteiger partial charge in [-0.15, -0.1) is 12.4 Å². The third-order valence-electron chi connectivity index (χ3n) is 1.72. The summed E-state index contributed by atoms with van der Waals surface area (Å²) < 4.78 is 0. The Labute approximate surface area is 88.7 Å². The maximum Gasteiger partial charge on any atom is 0.156 e. The minimum absolute atomic E-state index is 0. The quantitative estimate of drug-likeness (QED) is 0.788. The second-order valence-electron chi connectivity index (χ2n) is 2.56. The molecule has 0 unspecified atom stereocenters. The molecule has 0 amide bonds. The van der Waals surface area contributed by atoms with Gasteiger partial charge in [-0.05, 0) is 13.8 Å². The van der Waals surface area contributed by atoms with Crippen LogP contribution in [0, 0.1) is 13.8 Å². The summed E-state index contributed by atoms with van der Waals surface area (Å²) in [5, 5.41) is 9.73. The molecule has 72 valence electrons. The number of aromatic hydroxyl groups is 1. The average Bonchev–Trinajstić information content (AvgIpc) is 2.01. The van der Waals surface area contributed by atoms with Crippen LogP contribution in [0.15, 0.2) is 6.58 Å². The Balaban J connectivity index is 0.00000144. The Hall–Kier alpha value is -0.730. The summed E-state index contributed by atoms with van der Waals surface area (Å²) in [7, 11) is 0. The van der Waals surface area contributed by atoms with Gasteiger partial charge < -0.3 is 5.11 Å². The second kappa shape index (κ2) is 4.49. The van der Waals surface area contributed by atoms with Gasteiger partial charge in [-0.1, -0.05) is 24.3 Å². The van der Waals surface area contributed by atoms with Crippen molar-refractivity contribution < 1.29 is 5.11 Å². The Morgan fingerprint density at radius 1 is 1.38 bits per heavy atom. The van der Waals surface area contributed by atoms with E-state index in [2.05, 4.69) is 11.6 Å². The molecular weight excluding hydrogens is 209 g/mol. The third kappa shape index (κ3) is 2.14. The molecule has 1 rings (SSSR count). The minimum atomic E-state index is 0. The molecule has 0 aromatic carbocycles. The molecule has 0 bridgehead atoms. The molecule has 0 aliphatic rings. The average molecular weight is 220 g/mol. The molecule has 0 radical (unpaired) electrons. The van der Waals surface area contributed by atoms with Crippen molar-refractivity contribution in [1.82, 2.24) is 4.98 Å². The normalized spacial score (nSPS) is 9.15. The summed E-state index contributed by atoms with van der Waals surface area (Å²) in [5.74, 6) is 0.0390. The molecule has 0 fully saturated rings. The minimum Gasteiger partial charge on any atom is -0.505 e. The van der Waals surface area contributed by atoms with Crippen LogP contribution < -0.4 is 0 Å². The zero-order chi connectivity index (χ0) is 9.30. The Kier molecular flexibility index (Phi) is 4.24. The lowest BCUT2D eigenvalue weighted by Crippen LogP contribution is -1.92. The van der Waals surface area contributed by atoms with E-state index in [4.69, 9.17) is 11.6 Å². The van der Waals surface area contributed by atoms with E-state index >= 15 is 0 Å². The Bertz CT molecular complexity index is 337. The van der Waals surface area contributed by atoms with E-state index in [0.29, 0.717) is 16.3 Å². The molecule has 0 aliphatic carbocycles. The van der Waals surface area contributed by atoms with Gasteiger partial charge in [0.05, 0.1) is 10.7 Å². The van der Waals surface area contributed by atoms with Gasteiger partial charge in [0, 0.05) is 11.3 Å². The molecule has 1 aromatic rings. The molecule has 1 aromatic heterocycles. The lowest BCUT2D eigenvalue weighted by atomic mass is 10.1. The molecule has 1 heterocycles. The lowest BCUT2D eigenvalue weighted by Gasteiger charge is -2.06. The van der Waals surface area contributed by atoms with Crippen LogP contribution in [-0.2, 0) is 0 Å². The van der Waals surface area contributed by atoms with Crippen molar-refractivity contribution in [3.63, 3.8) is 0 Å². The summed E-state index contributed by atoms with van der Waals surface area (Å²) >= 11 is 5.84. The first-order valence-electron chi connectivity index (χ1n) is 3.56. The van der Waals surface area contributed by atoms with E-state index in [1.54, 1.807) is 13.0 Å². The van der Waals surface area contributed by atoms with Crippen molar-refractivity contribution in [2.75, 3.05) is 0 Å². The molecule has 0 aliphatic heterocycles. The van der Waals surface area contributed by atoms with Crippen molar-refractivity contribution in [3.05, 3.63) is 28.6 Å². The topological polar surface area (TPSA) is 33.1 Å². The number of rotatable bonds is 1. The fraction of sp³-hybridized carbons (Fsp3) is 0.222. The van der Waals surface area contributed by atoms with Crippen LogP contribution in [-0.4, -0.2) is 10.1 Å². The third-order valence-corrected chi connectivity index (χ3v) is 2.10. The number of aryl methyl sites for hydroxylation is 2. The monoisotopic (exact) mass is 219 g/mol. The second-order valence-corrected chi connectivity index (χ2v) is 2.94. The molecule has 13 heavy (non-hydrogen) atoms. The molecule has 0 spiro atoms.